The van der Waals surface area contributed by atoms with Crippen LogP contribution >= 0.6 is 23.2 Å². The van der Waals surface area contributed by atoms with E-state index in [0.717, 1.165) is 4.57 Å². The Labute approximate surface area is 135 Å². The van der Waals surface area contributed by atoms with E-state index in [-0.39, 0.29) is 21.8 Å². The molecule has 1 aromatic heterocycles. The highest BCUT2D eigenvalue weighted by Crippen LogP contribution is 2.30. The molecular formula is C14H10Cl2N4O2. The van der Waals surface area contributed by atoms with Crippen molar-refractivity contribution in [1.29, 1.82) is 5.26 Å². The lowest BCUT2D eigenvalue weighted by Gasteiger charge is -2.08. The van der Waals surface area contributed by atoms with Gasteiger partial charge >= 0.3 is 0 Å². The molecule has 0 saturated heterocycles. The summed E-state index contributed by atoms with van der Waals surface area (Å²) in [6, 6.07) is 6.48. The Bertz CT molecular complexity index is 882. The fourth-order valence-electron chi connectivity index (χ4n) is 1.79. The first kappa shape index (κ1) is 16.0. The maximum absolute atomic E-state index is 12.1. The topological polar surface area (TPSA) is 90.7 Å². The molecule has 0 amide bonds. The summed E-state index contributed by atoms with van der Waals surface area (Å²) in [6.07, 6.45) is 0. The van der Waals surface area contributed by atoms with Crippen molar-refractivity contribution in [3.05, 3.63) is 49.7 Å². The number of nitrogens with zero attached hydrogens (tertiary/aromatic N) is 4. The van der Waals surface area contributed by atoms with Crippen LogP contribution in [0.1, 0.15) is 11.1 Å². The predicted molar refractivity (Wildman–Crippen MR) is 83.4 cm³/mol. The van der Waals surface area contributed by atoms with Crippen LogP contribution in [0.5, 0.6) is 5.88 Å². The number of hydrogen-bond acceptors (Lipinski definition) is 5. The van der Waals surface area contributed by atoms with Crippen LogP contribution in [-0.2, 0) is 7.05 Å². The van der Waals surface area contributed by atoms with Gasteiger partial charge in [0, 0.05) is 17.6 Å². The molecule has 0 radical (unpaired) electrons. The number of azo groups is 1. The Morgan fingerprint density at radius 3 is 2.59 bits per heavy atom. The summed E-state index contributed by atoms with van der Waals surface area (Å²) in [6.45, 7) is 1.51. The lowest BCUT2D eigenvalue weighted by atomic mass is 10.1. The first-order valence-corrected chi connectivity index (χ1v) is 6.81. The van der Waals surface area contributed by atoms with E-state index in [0.29, 0.717) is 10.7 Å². The monoisotopic (exact) mass is 336 g/mol. The molecule has 0 bridgehead atoms. The summed E-state index contributed by atoms with van der Waals surface area (Å²) in [5.74, 6) is -0.409. The highest BCUT2D eigenvalue weighted by molar-refractivity contribution is 6.36. The second-order valence-electron chi connectivity index (χ2n) is 4.44. The van der Waals surface area contributed by atoms with Gasteiger partial charge in [-0.2, -0.15) is 5.26 Å². The molecule has 0 unspecified atom stereocenters. The van der Waals surface area contributed by atoms with Crippen LogP contribution in [0.4, 0.5) is 11.4 Å². The quantitative estimate of drug-likeness (QED) is 0.840. The van der Waals surface area contributed by atoms with Crippen molar-refractivity contribution in [1.82, 2.24) is 4.57 Å². The third kappa shape index (κ3) is 2.82. The maximum atomic E-state index is 12.1. The molecule has 0 fully saturated rings. The summed E-state index contributed by atoms with van der Waals surface area (Å²) >= 11 is 11.8. The minimum atomic E-state index is -0.567. The number of nitriles is 1. The SMILES string of the molecule is Cc1c(C#N)c(O)n(C)c(=O)c1N=Nc1ccc(Cl)cc1Cl. The maximum Gasteiger partial charge on any atom is 0.281 e. The van der Waals surface area contributed by atoms with E-state index in [1.54, 1.807) is 12.1 Å². The molecule has 6 nitrogen and oxygen atoms in total. The van der Waals surface area contributed by atoms with Crippen molar-refractivity contribution >= 4 is 34.6 Å². The van der Waals surface area contributed by atoms with Gasteiger partial charge in [-0.15, -0.1) is 10.2 Å². The van der Waals surface area contributed by atoms with E-state index in [9.17, 15) is 9.90 Å². The van der Waals surface area contributed by atoms with Gasteiger partial charge < -0.3 is 5.11 Å². The van der Waals surface area contributed by atoms with E-state index in [4.69, 9.17) is 28.5 Å². The molecular weight excluding hydrogens is 327 g/mol. The van der Waals surface area contributed by atoms with Gasteiger partial charge in [-0.1, -0.05) is 23.2 Å². The molecule has 0 aliphatic heterocycles. The summed E-state index contributed by atoms with van der Waals surface area (Å²) in [7, 11) is 1.34. The third-order valence-corrected chi connectivity index (χ3v) is 3.60. The highest BCUT2D eigenvalue weighted by atomic mass is 35.5. The van der Waals surface area contributed by atoms with E-state index in [1.807, 2.05) is 6.07 Å². The lowest BCUT2D eigenvalue weighted by Crippen LogP contribution is -2.18. The number of hydrogen-bond donors (Lipinski definition) is 1. The lowest BCUT2D eigenvalue weighted by molar-refractivity contribution is 0.421. The first-order chi connectivity index (χ1) is 10.4. The average molecular weight is 337 g/mol. The Hall–Kier alpha value is -2.36. The van der Waals surface area contributed by atoms with E-state index >= 15 is 0 Å². The molecule has 8 heteroatoms. The van der Waals surface area contributed by atoms with Gasteiger partial charge in [0.05, 0.1) is 5.02 Å². The second-order valence-corrected chi connectivity index (χ2v) is 5.29. The smallest absolute Gasteiger partial charge is 0.281 e. The number of aromatic nitrogens is 1. The number of rotatable bonds is 2. The van der Waals surface area contributed by atoms with Crippen LogP contribution in [0.15, 0.2) is 33.2 Å². The summed E-state index contributed by atoms with van der Waals surface area (Å²) in [5, 5.41) is 27.4. The molecule has 22 heavy (non-hydrogen) atoms. The van der Waals surface area contributed by atoms with Crippen molar-refractivity contribution < 1.29 is 5.11 Å². The molecule has 2 aromatic rings. The minimum Gasteiger partial charge on any atom is -0.493 e. The van der Waals surface area contributed by atoms with E-state index in [1.165, 1.54) is 20.0 Å². The molecule has 0 spiro atoms. The zero-order chi connectivity index (χ0) is 16.4. The number of benzene rings is 1. The molecule has 1 N–H and O–H groups in total. The van der Waals surface area contributed by atoms with Crippen molar-refractivity contribution in [3.8, 4) is 11.9 Å². The number of pyridine rings is 1. The summed E-state index contributed by atoms with van der Waals surface area (Å²) in [5.41, 5.74) is -0.0556. The van der Waals surface area contributed by atoms with Crippen LogP contribution in [0.3, 0.4) is 0 Å². The standard InChI is InChI=1S/C14H10Cl2N4O2/c1-7-9(6-17)13(21)20(2)14(22)12(7)19-18-11-4-3-8(15)5-10(11)16/h3-5,21H,1-2H3. The Morgan fingerprint density at radius 1 is 1.32 bits per heavy atom. The van der Waals surface area contributed by atoms with Crippen LogP contribution in [0.2, 0.25) is 10.0 Å². The fraction of sp³-hybridized carbons (Fsp3) is 0.143. The largest absolute Gasteiger partial charge is 0.493 e. The first-order valence-electron chi connectivity index (χ1n) is 6.06. The summed E-state index contributed by atoms with van der Waals surface area (Å²) in [4.78, 5) is 12.1. The number of halogens is 2. The zero-order valence-corrected chi connectivity index (χ0v) is 13.1. The predicted octanol–water partition coefficient (Wildman–Crippen LogP) is 3.99. The van der Waals surface area contributed by atoms with Crippen LogP contribution in [0.25, 0.3) is 0 Å². The van der Waals surface area contributed by atoms with Gasteiger partial charge in [0.15, 0.2) is 5.69 Å². The molecule has 0 saturated carbocycles. The van der Waals surface area contributed by atoms with Crippen molar-refractivity contribution in [2.45, 2.75) is 6.92 Å². The molecule has 1 heterocycles. The van der Waals surface area contributed by atoms with Gasteiger partial charge in [0.2, 0.25) is 5.88 Å². The van der Waals surface area contributed by atoms with Gasteiger partial charge in [0.1, 0.15) is 17.3 Å². The zero-order valence-electron chi connectivity index (χ0n) is 11.6. The Kier molecular flexibility index (Phi) is 4.50. The van der Waals surface area contributed by atoms with Gasteiger partial charge in [-0.25, -0.2) is 0 Å². The fourth-order valence-corrected chi connectivity index (χ4v) is 2.23. The Balaban J connectivity index is 2.59. The van der Waals surface area contributed by atoms with E-state index in [2.05, 4.69) is 10.2 Å². The number of aromatic hydroxyl groups is 1. The second kappa shape index (κ2) is 6.18. The molecule has 112 valence electrons. The normalized spacial score (nSPS) is 10.9. The minimum absolute atomic E-state index is 0.0294. The van der Waals surface area contributed by atoms with E-state index < -0.39 is 11.4 Å². The van der Waals surface area contributed by atoms with Gasteiger partial charge in [-0.3, -0.25) is 9.36 Å². The molecule has 0 atom stereocenters. The Morgan fingerprint density at radius 2 is 2.00 bits per heavy atom. The highest BCUT2D eigenvalue weighted by Gasteiger charge is 2.17. The van der Waals surface area contributed by atoms with Crippen molar-refractivity contribution in [2.24, 2.45) is 17.3 Å². The molecule has 2 rings (SSSR count). The summed E-state index contributed by atoms with van der Waals surface area (Å²) < 4.78 is 0.934. The molecule has 1 aromatic carbocycles. The van der Waals surface area contributed by atoms with Crippen LogP contribution < -0.4 is 5.56 Å². The molecule has 0 aliphatic carbocycles. The van der Waals surface area contributed by atoms with Crippen molar-refractivity contribution in [3.63, 3.8) is 0 Å². The third-order valence-electron chi connectivity index (χ3n) is 3.06. The van der Waals surface area contributed by atoms with Gasteiger partial charge in [-0.05, 0) is 25.1 Å². The molecule has 0 aliphatic rings. The average Bonchev–Trinajstić information content (AvgIpc) is 2.47. The van der Waals surface area contributed by atoms with Crippen LogP contribution in [0, 0.1) is 18.3 Å². The van der Waals surface area contributed by atoms with Gasteiger partial charge in [0.25, 0.3) is 5.56 Å². The van der Waals surface area contributed by atoms with Crippen molar-refractivity contribution in [2.75, 3.05) is 0 Å². The van der Waals surface area contributed by atoms with Crippen LogP contribution in [-0.4, -0.2) is 9.67 Å².